The molecule has 1 aliphatic rings. The first-order valence-electron chi connectivity index (χ1n) is 9.54. The maximum absolute atomic E-state index is 12.2. The van der Waals surface area contributed by atoms with Gasteiger partial charge in [-0.05, 0) is 18.6 Å². The van der Waals surface area contributed by atoms with Crippen LogP contribution in [0.4, 0.5) is 10.9 Å². The first-order chi connectivity index (χ1) is 14.2. The average Bonchev–Trinajstić information content (AvgIpc) is 3.27. The fourth-order valence-corrected chi connectivity index (χ4v) is 3.62. The fourth-order valence-electron chi connectivity index (χ4n) is 3.16. The van der Waals surface area contributed by atoms with Gasteiger partial charge in [-0.1, -0.05) is 24.3 Å². The lowest BCUT2D eigenvalue weighted by molar-refractivity contribution is -0.117. The number of anilines is 2. The van der Waals surface area contributed by atoms with Crippen LogP contribution in [0.5, 0.6) is 0 Å². The predicted molar refractivity (Wildman–Crippen MR) is 112 cm³/mol. The highest BCUT2D eigenvalue weighted by atomic mass is 32.1. The van der Waals surface area contributed by atoms with Gasteiger partial charge in [0.05, 0.1) is 6.54 Å². The fraction of sp³-hybridized carbons (Fsp3) is 0.368. The molecule has 0 spiro atoms. The van der Waals surface area contributed by atoms with Gasteiger partial charge in [-0.25, -0.2) is 9.97 Å². The van der Waals surface area contributed by atoms with Crippen molar-refractivity contribution < 1.29 is 4.79 Å². The Morgan fingerprint density at radius 2 is 2.07 bits per heavy atom. The Balaban J connectivity index is 1.39. The Kier molecular flexibility index (Phi) is 6.01. The molecule has 10 heteroatoms. The molecule has 0 bridgehead atoms. The van der Waals surface area contributed by atoms with Crippen molar-refractivity contribution in [1.82, 2.24) is 30.0 Å². The van der Waals surface area contributed by atoms with Gasteiger partial charge in [0.25, 0.3) is 0 Å². The SMILES string of the molecule is CCc1cc(N2CCN(CC(=O)Nc3nncs3)CC2)nc(-c2ccccn2)n1. The number of carbonyl (C=O) groups excluding carboxylic acids is 1. The Morgan fingerprint density at radius 1 is 1.21 bits per heavy atom. The van der Waals surface area contributed by atoms with E-state index in [0.717, 1.165) is 49.8 Å². The van der Waals surface area contributed by atoms with Crippen LogP contribution < -0.4 is 10.2 Å². The van der Waals surface area contributed by atoms with Crippen LogP contribution in [0.25, 0.3) is 11.5 Å². The molecule has 0 atom stereocenters. The predicted octanol–water partition coefficient (Wildman–Crippen LogP) is 1.71. The molecule has 4 heterocycles. The second-order valence-corrected chi connectivity index (χ2v) is 7.50. The molecule has 4 rings (SSSR count). The van der Waals surface area contributed by atoms with Gasteiger partial charge in [0.15, 0.2) is 5.82 Å². The molecular formula is C19H22N8OS. The normalized spacial score (nSPS) is 14.7. The summed E-state index contributed by atoms with van der Waals surface area (Å²) >= 11 is 1.31. The zero-order chi connectivity index (χ0) is 20.1. The summed E-state index contributed by atoms with van der Waals surface area (Å²) in [5, 5.41) is 10.9. The van der Waals surface area contributed by atoms with E-state index >= 15 is 0 Å². The monoisotopic (exact) mass is 410 g/mol. The van der Waals surface area contributed by atoms with Crippen molar-refractivity contribution in [1.29, 1.82) is 0 Å². The molecule has 0 unspecified atom stereocenters. The zero-order valence-electron chi connectivity index (χ0n) is 16.2. The first-order valence-corrected chi connectivity index (χ1v) is 10.4. The summed E-state index contributed by atoms with van der Waals surface area (Å²) in [6.07, 6.45) is 2.59. The van der Waals surface area contributed by atoms with E-state index in [-0.39, 0.29) is 5.91 Å². The summed E-state index contributed by atoms with van der Waals surface area (Å²) in [6.45, 7) is 5.60. The molecule has 0 saturated carbocycles. The minimum atomic E-state index is -0.0667. The number of nitrogens with zero attached hydrogens (tertiary/aromatic N) is 7. The van der Waals surface area contributed by atoms with Crippen LogP contribution in [-0.2, 0) is 11.2 Å². The van der Waals surface area contributed by atoms with E-state index < -0.39 is 0 Å². The second kappa shape index (κ2) is 9.01. The number of hydrogen-bond acceptors (Lipinski definition) is 9. The van der Waals surface area contributed by atoms with Crippen LogP contribution in [0.2, 0.25) is 0 Å². The molecule has 150 valence electrons. The molecule has 1 amide bonds. The lowest BCUT2D eigenvalue weighted by atomic mass is 10.2. The number of piperazine rings is 1. The van der Waals surface area contributed by atoms with Crippen molar-refractivity contribution in [2.75, 3.05) is 42.9 Å². The maximum atomic E-state index is 12.2. The first kappa shape index (κ1) is 19.3. The van der Waals surface area contributed by atoms with Crippen LogP contribution in [0.3, 0.4) is 0 Å². The summed E-state index contributed by atoms with van der Waals surface area (Å²) in [4.78, 5) is 30.3. The van der Waals surface area contributed by atoms with Gasteiger partial charge >= 0.3 is 0 Å². The standard InChI is InChI=1S/C19H22N8OS/c1-2-14-11-16(23-18(22-14)15-5-3-4-6-20-15)27-9-7-26(8-10-27)12-17(28)24-19-25-21-13-29-19/h3-6,11,13H,2,7-10,12H2,1H3,(H,24,25,28). The topological polar surface area (TPSA) is 100 Å². The van der Waals surface area contributed by atoms with Crippen molar-refractivity contribution >= 4 is 28.2 Å². The van der Waals surface area contributed by atoms with Crippen LogP contribution >= 0.6 is 11.3 Å². The van der Waals surface area contributed by atoms with Crippen molar-refractivity contribution in [3.8, 4) is 11.5 Å². The van der Waals surface area contributed by atoms with Gasteiger partial charge in [-0.15, -0.1) is 10.2 Å². The van der Waals surface area contributed by atoms with Gasteiger partial charge < -0.3 is 4.90 Å². The lowest BCUT2D eigenvalue weighted by Gasteiger charge is -2.35. The summed E-state index contributed by atoms with van der Waals surface area (Å²) in [5.41, 5.74) is 3.37. The molecule has 1 N–H and O–H groups in total. The number of aromatic nitrogens is 5. The molecule has 1 saturated heterocycles. The number of carbonyl (C=O) groups is 1. The van der Waals surface area contributed by atoms with Crippen molar-refractivity contribution in [3.63, 3.8) is 0 Å². The van der Waals surface area contributed by atoms with Crippen molar-refractivity contribution in [3.05, 3.63) is 41.7 Å². The van der Waals surface area contributed by atoms with Crippen LogP contribution in [0.15, 0.2) is 36.0 Å². The Morgan fingerprint density at radius 3 is 2.76 bits per heavy atom. The van der Waals surface area contributed by atoms with Crippen molar-refractivity contribution in [2.24, 2.45) is 0 Å². The highest BCUT2D eigenvalue weighted by Gasteiger charge is 2.21. The Labute approximate surface area is 172 Å². The lowest BCUT2D eigenvalue weighted by Crippen LogP contribution is -2.49. The molecule has 0 radical (unpaired) electrons. The number of aryl methyl sites for hydroxylation is 1. The highest BCUT2D eigenvalue weighted by Crippen LogP contribution is 2.20. The molecule has 0 aliphatic carbocycles. The summed E-state index contributed by atoms with van der Waals surface area (Å²) in [7, 11) is 0. The maximum Gasteiger partial charge on any atom is 0.240 e. The molecule has 1 aliphatic heterocycles. The summed E-state index contributed by atoms with van der Waals surface area (Å²) in [6, 6.07) is 7.79. The quantitative estimate of drug-likeness (QED) is 0.656. The smallest absolute Gasteiger partial charge is 0.240 e. The van der Waals surface area contributed by atoms with Crippen LogP contribution in [0, 0.1) is 0 Å². The number of pyridine rings is 1. The minimum Gasteiger partial charge on any atom is -0.354 e. The molecular weight excluding hydrogens is 388 g/mol. The van der Waals surface area contributed by atoms with Gasteiger partial charge in [0, 0.05) is 44.1 Å². The molecule has 29 heavy (non-hydrogen) atoms. The van der Waals surface area contributed by atoms with Gasteiger partial charge in [-0.2, -0.15) is 0 Å². The third kappa shape index (κ3) is 4.90. The van der Waals surface area contributed by atoms with Gasteiger partial charge in [0.2, 0.25) is 11.0 Å². The van der Waals surface area contributed by atoms with E-state index in [2.05, 4.69) is 42.2 Å². The molecule has 9 nitrogen and oxygen atoms in total. The molecule has 3 aromatic heterocycles. The number of nitrogens with one attached hydrogen (secondary N) is 1. The molecule has 0 aromatic carbocycles. The van der Waals surface area contributed by atoms with Crippen molar-refractivity contribution in [2.45, 2.75) is 13.3 Å². The zero-order valence-corrected chi connectivity index (χ0v) is 17.0. The Bertz CT molecular complexity index is 942. The number of rotatable bonds is 6. The second-order valence-electron chi connectivity index (χ2n) is 6.66. The minimum absolute atomic E-state index is 0.0667. The van der Waals surface area contributed by atoms with Crippen LogP contribution in [-0.4, -0.2) is 68.7 Å². The summed E-state index contributed by atoms with van der Waals surface area (Å²) in [5.74, 6) is 1.50. The van der Waals surface area contributed by atoms with E-state index in [9.17, 15) is 4.79 Å². The Hall–Kier alpha value is -2.98. The van der Waals surface area contributed by atoms with E-state index in [1.54, 1.807) is 11.7 Å². The van der Waals surface area contributed by atoms with Gasteiger partial charge in [-0.3, -0.25) is 20.0 Å². The number of hydrogen-bond donors (Lipinski definition) is 1. The van der Waals surface area contributed by atoms with E-state index in [1.165, 1.54) is 11.3 Å². The number of amides is 1. The third-order valence-electron chi connectivity index (χ3n) is 4.69. The van der Waals surface area contributed by atoms with E-state index in [1.807, 2.05) is 24.3 Å². The van der Waals surface area contributed by atoms with E-state index in [0.29, 0.717) is 17.5 Å². The molecule has 1 fully saturated rings. The van der Waals surface area contributed by atoms with Gasteiger partial charge in [0.1, 0.15) is 17.0 Å². The van der Waals surface area contributed by atoms with E-state index in [4.69, 9.17) is 4.98 Å². The van der Waals surface area contributed by atoms with Crippen LogP contribution in [0.1, 0.15) is 12.6 Å². The summed E-state index contributed by atoms with van der Waals surface area (Å²) < 4.78 is 0. The largest absolute Gasteiger partial charge is 0.354 e. The highest BCUT2D eigenvalue weighted by molar-refractivity contribution is 7.13. The third-order valence-corrected chi connectivity index (χ3v) is 5.30. The average molecular weight is 411 g/mol. The molecule has 3 aromatic rings.